The van der Waals surface area contributed by atoms with Gasteiger partial charge >= 0.3 is 0 Å². The topological polar surface area (TPSA) is 15.7 Å². The van der Waals surface area contributed by atoms with Crippen LogP contribution in [0, 0.1) is 0 Å². The van der Waals surface area contributed by atoms with Gasteiger partial charge in [0.1, 0.15) is 5.75 Å². The first-order valence-electron chi connectivity index (χ1n) is 8.82. The largest absolute Gasteiger partial charge is 0.494 e. The molecule has 2 rings (SSSR count). The summed E-state index contributed by atoms with van der Waals surface area (Å²) in [5.41, 5.74) is 1.41. The van der Waals surface area contributed by atoms with Gasteiger partial charge in [-0.1, -0.05) is 26.0 Å². The fraction of sp³-hybridized carbons (Fsp3) is 0.684. The van der Waals surface area contributed by atoms with E-state index in [2.05, 4.69) is 55.0 Å². The van der Waals surface area contributed by atoms with Crippen LogP contribution in [0.3, 0.4) is 0 Å². The molecular formula is C19H32N2O. The molecule has 124 valence electrons. The Hall–Kier alpha value is -1.06. The molecule has 0 aliphatic carbocycles. The van der Waals surface area contributed by atoms with Crippen LogP contribution in [0.25, 0.3) is 0 Å². The van der Waals surface area contributed by atoms with E-state index in [9.17, 15) is 0 Å². The summed E-state index contributed by atoms with van der Waals surface area (Å²) in [6.45, 7) is 11.4. The third kappa shape index (κ3) is 5.62. The van der Waals surface area contributed by atoms with E-state index in [4.69, 9.17) is 4.74 Å². The average molecular weight is 304 g/mol. The third-order valence-corrected chi connectivity index (χ3v) is 4.79. The highest BCUT2D eigenvalue weighted by molar-refractivity contribution is 5.29. The van der Waals surface area contributed by atoms with Crippen LogP contribution in [-0.2, 0) is 0 Å². The van der Waals surface area contributed by atoms with Crippen LogP contribution in [0.1, 0.15) is 44.6 Å². The number of ether oxygens (including phenoxy) is 1. The maximum Gasteiger partial charge on any atom is 0.119 e. The van der Waals surface area contributed by atoms with Crippen LogP contribution in [0.5, 0.6) is 5.75 Å². The molecule has 0 spiro atoms. The number of benzene rings is 1. The molecule has 1 aliphatic rings. The molecule has 0 bridgehead atoms. The Balaban J connectivity index is 1.58. The van der Waals surface area contributed by atoms with Crippen molar-refractivity contribution in [3.63, 3.8) is 0 Å². The van der Waals surface area contributed by atoms with Crippen LogP contribution >= 0.6 is 0 Å². The van der Waals surface area contributed by atoms with Gasteiger partial charge < -0.3 is 14.5 Å². The smallest absolute Gasteiger partial charge is 0.119 e. The van der Waals surface area contributed by atoms with E-state index >= 15 is 0 Å². The van der Waals surface area contributed by atoms with E-state index in [1.807, 2.05) is 0 Å². The van der Waals surface area contributed by atoms with Crippen LogP contribution < -0.4 is 4.74 Å². The quantitative estimate of drug-likeness (QED) is 0.682. The zero-order chi connectivity index (χ0) is 15.8. The minimum Gasteiger partial charge on any atom is -0.494 e. The summed E-state index contributed by atoms with van der Waals surface area (Å²) in [6.07, 6.45) is 3.56. The number of likely N-dealkylation sites (N-methyl/N-ethyl adjacent to an activating group) is 1. The number of piperazine rings is 1. The maximum atomic E-state index is 5.85. The molecule has 1 atom stereocenters. The van der Waals surface area contributed by atoms with Gasteiger partial charge in [-0.2, -0.15) is 0 Å². The zero-order valence-electron chi connectivity index (χ0n) is 14.6. The molecule has 1 aromatic carbocycles. The van der Waals surface area contributed by atoms with Crippen LogP contribution in [-0.4, -0.2) is 56.2 Å². The molecule has 0 unspecified atom stereocenters. The molecule has 0 amide bonds. The number of nitrogens with zero attached hydrogens (tertiary/aromatic N) is 2. The maximum absolute atomic E-state index is 5.85. The molecule has 1 fully saturated rings. The van der Waals surface area contributed by atoms with Crippen molar-refractivity contribution in [3.05, 3.63) is 29.8 Å². The summed E-state index contributed by atoms with van der Waals surface area (Å²) in [7, 11) is 2.21. The summed E-state index contributed by atoms with van der Waals surface area (Å²) in [5, 5.41) is 0. The van der Waals surface area contributed by atoms with Crippen molar-refractivity contribution in [2.75, 3.05) is 46.4 Å². The predicted molar refractivity (Wildman–Crippen MR) is 93.8 cm³/mol. The highest BCUT2D eigenvalue weighted by Crippen LogP contribution is 2.21. The minimum atomic E-state index is 0.637. The van der Waals surface area contributed by atoms with E-state index in [0.29, 0.717) is 5.92 Å². The van der Waals surface area contributed by atoms with Crippen molar-refractivity contribution < 1.29 is 4.74 Å². The molecule has 0 saturated carbocycles. The summed E-state index contributed by atoms with van der Waals surface area (Å²) < 4.78 is 5.85. The number of rotatable bonds is 8. The van der Waals surface area contributed by atoms with Crippen LogP contribution in [0.2, 0.25) is 0 Å². The van der Waals surface area contributed by atoms with Crippen molar-refractivity contribution in [3.8, 4) is 5.75 Å². The lowest BCUT2D eigenvalue weighted by molar-refractivity contribution is 0.150. The van der Waals surface area contributed by atoms with E-state index < -0.39 is 0 Å². The Bertz CT molecular complexity index is 410. The number of hydrogen-bond acceptors (Lipinski definition) is 3. The standard InChI is InChI=1S/C19H32N2O/c1-4-17(2)18-7-9-19(10-8-18)22-16-6-5-11-21-14-12-20(3)13-15-21/h7-10,17H,4-6,11-16H2,1-3H3/t17-/m1/s1. The van der Waals surface area contributed by atoms with Crippen LogP contribution in [0.4, 0.5) is 0 Å². The lowest BCUT2D eigenvalue weighted by Crippen LogP contribution is -2.44. The number of hydrogen-bond donors (Lipinski definition) is 0. The fourth-order valence-corrected chi connectivity index (χ4v) is 2.83. The normalized spacial score (nSPS) is 18.3. The molecule has 0 aromatic heterocycles. The Kier molecular flexibility index (Phi) is 7.20. The first-order valence-corrected chi connectivity index (χ1v) is 8.82. The van der Waals surface area contributed by atoms with Gasteiger partial charge in [0.15, 0.2) is 0 Å². The fourth-order valence-electron chi connectivity index (χ4n) is 2.83. The molecular weight excluding hydrogens is 272 g/mol. The minimum absolute atomic E-state index is 0.637. The molecule has 1 heterocycles. The van der Waals surface area contributed by atoms with E-state index in [-0.39, 0.29) is 0 Å². The van der Waals surface area contributed by atoms with Gasteiger partial charge in [-0.05, 0) is 56.5 Å². The lowest BCUT2D eigenvalue weighted by atomic mass is 9.99. The zero-order valence-corrected chi connectivity index (χ0v) is 14.6. The van der Waals surface area contributed by atoms with Crippen molar-refractivity contribution in [1.82, 2.24) is 9.80 Å². The second-order valence-corrected chi connectivity index (χ2v) is 6.58. The van der Waals surface area contributed by atoms with Gasteiger partial charge in [0, 0.05) is 26.2 Å². The monoisotopic (exact) mass is 304 g/mol. The summed E-state index contributed by atoms with van der Waals surface area (Å²) in [6, 6.07) is 8.63. The van der Waals surface area contributed by atoms with Gasteiger partial charge in [-0.15, -0.1) is 0 Å². The summed E-state index contributed by atoms with van der Waals surface area (Å²) >= 11 is 0. The van der Waals surface area contributed by atoms with E-state index in [1.54, 1.807) is 0 Å². The van der Waals surface area contributed by atoms with Gasteiger partial charge in [0.25, 0.3) is 0 Å². The van der Waals surface area contributed by atoms with Crippen LogP contribution in [0.15, 0.2) is 24.3 Å². The van der Waals surface area contributed by atoms with Gasteiger partial charge in [0.05, 0.1) is 6.61 Å². The summed E-state index contributed by atoms with van der Waals surface area (Å²) in [4.78, 5) is 4.98. The third-order valence-electron chi connectivity index (χ3n) is 4.79. The van der Waals surface area contributed by atoms with Gasteiger partial charge in [-0.3, -0.25) is 0 Å². The van der Waals surface area contributed by atoms with Crippen molar-refractivity contribution in [2.45, 2.75) is 39.0 Å². The second kappa shape index (κ2) is 9.16. The molecule has 22 heavy (non-hydrogen) atoms. The number of unbranched alkanes of at least 4 members (excludes halogenated alkanes) is 1. The molecule has 0 N–H and O–H groups in total. The van der Waals surface area contributed by atoms with Gasteiger partial charge in [-0.25, -0.2) is 0 Å². The van der Waals surface area contributed by atoms with Crippen molar-refractivity contribution >= 4 is 0 Å². The lowest BCUT2D eigenvalue weighted by Gasteiger charge is -2.32. The van der Waals surface area contributed by atoms with E-state index in [1.165, 1.54) is 51.1 Å². The molecule has 1 aliphatic heterocycles. The SMILES string of the molecule is CC[C@@H](C)c1ccc(OCCCCN2CCN(C)CC2)cc1. The second-order valence-electron chi connectivity index (χ2n) is 6.58. The Morgan fingerprint density at radius 2 is 1.73 bits per heavy atom. The predicted octanol–water partition coefficient (Wildman–Crippen LogP) is 3.61. The van der Waals surface area contributed by atoms with Gasteiger partial charge in [0.2, 0.25) is 0 Å². The molecule has 1 aromatic rings. The molecule has 3 nitrogen and oxygen atoms in total. The molecule has 3 heteroatoms. The Morgan fingerprint density at radius 1 is 1.05 bits per heavy atom. The Labute approximate surface area is 136 Å². The first-order chi connectivity index (χ1) is 10.7. The van der Waals surface area contributed by atoms with E-state index in [0.717, 1.165) is 18.8 Å². The average Bonchev–Trinajstić information content (AvgIpc) is 2.56. The Morgan fingerprint density at radius 3 is 2.36 bits per heavy atom. The summed E-state index contributed by atoms with van der Waals surface area (Å²) in [5.74, 6) is 1.64. The van der Waals surface area contributed by atoms with Crippen molar-refractivity contribution in [2.24, 2.45) is 0 Å². The molecule has 0 radical (unpaired) electrons. The first kappa shape index (κ1) is 17.3. The molecule has 1 saturated heterocycles. The highest BCUT2D eigenvalue weighted by atomic mass is 16.5. The highest BCUT2D eigenvalue weighted by Gasteiger charge is 2.12. The van der Waals surface area contributed by atoms with Crippen molar-refractivity contribution in [1.29, 1.82) is 0 Å².